The van der Waals surface area contributed by atoms with E-state index >= 15 is 0 Å². The van der Waals surface area contributed by atoms with E-state index in [9.17, 15) is 0 Å². The maximum absolute atomic E-state index is 6.09. The van der Waals surface area contributed by atoms with Crippen molar-refractivity contribution in [2.45, 2.75) is 6.42 Å². The first-order valence-electron chi connectivity index (χ1n) is 5.63. The molecule has 18 heavy (non-hydrogen) atoms. The summed E-state index contributed by atoms with van der Waals surface area (Å²) in [6.45, 7) is 1.88. The van der Waals surface area contributed by atoms with Crippen LogP contribution in [0.4, 0.5) is 5.69 Å². The Kier molecular flexibility index (Phi) is 6.92. The van der Waals surface area contributed by atoms with Gasteiger partial charge in [0.2, 0.25) is 0 Å². The van der Waals surface area contributed by atoms with Crippen molar-refractivity contribution < 1.29 is 0 Å². The van der Waals surface area contributed by atoms with Gasteiger partial charge in [-0.2, -0.15) is 0 Å². The fourth-order valence-corrected chi connectivity index (χ4v) is 2.29. The van der Waals surface area contributed by atoms with Crippen molar-refractivity contribution in [2.75, 3.05) is 32.5 Å². The third kappa shape index (κ3) is 6.00. The highest BCUT2D eigenvalue weighted by Gasteiger charge is 2.02. The second-order valence-corrected chi connectivity index (χ2v) is 5.89. The average molecular weight is 351 g/mol. The van der Waals surface area contributed by atoms with Crippen molar-refractivity contribution in [2.24, 2.45) is 0 Å². The minimum atomic E-state index is 0.595. The van der Waals surface area contributed by atoms with Crippen molar-refractivity contribution in [1.82, 2.24) is 10.2 Å². The first-order valence-corrected chi connectivity index (χ1v) is 7.21. The molecule has 0 fully saturated rings. The lowest BCUT2D eigenvalue weighted by Crippen LogP contribution is -2.30. The van der Waals surface area contributed by atoms with E-state index in [1.807, 2.05) is 18.2 Å². The zero-order chi connectivity index (χ0) is 13.5. The van der Waals surface area contributed by atoms with E-state index in [-0.39, 0.29) is 0 Å². The summed E-state index contributed by atoms with van der Waals surface area (Å²) in [7, 11) is 4.11. The highest BCUT2D eigenvalue weighted by molar-refractivity contribution is 9.10. The molecule has 0 aliphatic rings. The first-order chi connectivity index (χ1) is 8.49. The molecule has 0 atom stereocenters. The molecule has 3 nitrogen and oxygen atoms in total. The van der Waals surface area contributed by atoms with Crippen molar-refractivity contribution >= 4 is 50.5 Å². The molecule has 0 heterocycles. The summed E-state index contributed by atoms with van der Waals surface area (Å²) < 4.78 is 0.947. The molecule has 0 aromatic heterocycles. The monoisotopic (exact) mass is 349 g/mol. The fourth-order valence-electron chi connectivity index (χ4n) is 1.35. The van der Waals surface area contributed by atoms with Crippen LogP contribution in [0, 0.1) is 0 Å². The summed E-state index contributed by atoms with van der Waals surface area (Å²) in [6.07, 6.45) is 1.04. The highest BCUT2D eigenvalue weighted by Crippen LogP contribution is 2.25. The lowest BCUT2D eigenvalue weighted by atomic mass is 10.3. The van der Waals surface area contributed by atoms with E-state index in [1.165, 1.54) is 0 Å². The van der Waals surface area contributed by atoms with Gasteiger partial charge in [-0.15, -0.1) is 0 Å². The standard InChI is InChI=1S/C12H17BrClN3S/c1-17(2)7-3-6-15-12(18)16-11-5-4-9(13)8-10(11)14/h4-5,8H,3,6-7H2,1-2H3,(H2,15,16,18). The van der Waals surface area contributed by atoms with Crippen LogP contribution in [0.15, 0.2) is 22.7 Å². The summed E-state index contributed by atoms with van der Waals surface area (Å²) >= 11 is 14.7. The van der Waals surface area contributed by atoms with Crippen LogP contribution < -0.4 is 10.6 Å². The zero-order valence-electron chi connectivity index (χ0n) is 10.5. The summed E-state index contributed by atoms with van der Waals surface area (Å²) in [6, 6.07) is 5.64. The van der Waals surface area contributed by atoms with Crippen LogP contribution in [-0.4, -0.2) is 37.2 Å². The molecule has 0 bridgehead atoms. The van der Waals surface area contributed by atoms with E-state index in [0.717, 1.165) is 29.7 Å². The molecule has 0 aliphatic heterocycles. The van der Waals surface area contributed by atoms with Crippen LogP contribution in [0.1, 0.15) is 6.42 Å². The first kappa shape index (κ1) is 15.7. The summed E-state index contributed by atoms with van der Waals surface area (Å²) in [5, 5.41) is 7.47. The van der Waals surface area contributed by atoms with E-state index < -0.39 is 0 Å². The maximum atomic E-state index is 6.09. The molecule has 1 aromatic rings. The number of benzene rings is 1. The van der Waals surface area contributed by atoms with Gasteiger partial charge in [-0.3, -0.25) is 0 Å². The number of nitrogens with zero attached hydrogens (tertiary/aromatic N) is 1. The molecular weight excluding hydrogens is 334 g/mol. The van der Waals surface area contributed by atoms with Crippen LogP contribution in [0.5, 0.6) is 0 Å². The van der Waals surface area contributed by atoms with E-state index in [0.29, 0.717) is 10.1 Å². The third-order valence-electron chi connectivity index (χ3n) is 2.25. The Morgan fingerprint density at radius 1 is 1.44 bits per heavy atom. The van der Waals surface area contributed by atoms with Gasteiger partial charge >= 0.3 is 0 Å². The van der Waals surface area contributed by atoms with E-state index in [4.69, 9.17) is 23.8 Å². The average Bonchev–Trinajstić information content (AvgIpc) is 2.28. The van der Waals surface area contributed by atoms with Gasteiger partial charge in [-0.05, 0) is 57.5 Å². The molecular formula is C12H17BrClN3S. The summed E-state index contributed by atoms with van der Waals surface area (Å²) in [5.74, 6) is 0. The minimum Gasteiger partial charge on any atom is -0.362 e. The van der Waals surface area contributed by atoms with Gasteiger partial charge in [-0.25, -0.2) is 0 Å². The molecule has 0 amide bonds. The summed E-state index contributed by atoms with van der Waals surface area (Å²) in [4.78, 5) is 2.14. The Labute approximate surface area is 127 Å². The quantitative estimate of drug-likeness (QED) is 0.629. The Bertz CT molecular complexity index is 412. The number of thiocarbonyl (C=S) groups is 1. The molecule has 0 spiro atoms. The number of halogens is 2. The van der Waals surface area contributed by atoms with Crippen molar-refractivity contribution in [3.05, 3.63) is 27.7 Å². The second-order valence-electron chi connectivity index (χ2n) is 4.16. The third-order valence-corrected chi connectivity index (χ3v) is 3.30. The molecule has 2 N–H and O–H groups in total. The van der Waals surface area contributed by atoms with Gasteiger partial charge in [0.25, 0.3) is 0 Å². The summed E-state index contributed by atoms with van der Waals surface area (Å²) in [5.41, 5.74) is 0.810. The highest BCUT2D eigenvalue weighted by atomic mass is 79.9. The van der Waals surface area contributed by atoms with Crippen LogP contribution >= 0.6 is 39.7 Å². The molecule has 6 heteroatoms. The largest absolute Gasteiger partial charge is 0.362 e. The van der Waals surface area contributed by atoms with Crippen molar-refractivity contribution in [1.29, 1.82) is 0 Å². The fraction of sp³-hybridized carbons (Fsp3) is 0.417. The molecule has 0 aliphatic carbocycles. The smallest absolute Gasteiger partial charge is 0.170 e. The van der Waals surface area contributed by atoms with Gasteiger partial charge in [0.05, 0.1) is 10.7 Å². The maximum Gasteiger partial charge on any atom is 0.170 e. The lowest BCUT2D eigenvalue weighted by Gasteiger charge is -2.13. The topological polar surface area (TPSA) is 27.3 Å². The predicted octanol–water partition coefficient (Wildman–Crippen LogP) is 3.34. The molecule has 1 rings (SSSR count). The molecule has 100 valence electrons. The Morgan fingerprint density at radius 2 is 2.17 bits per heavy atom. The molecule has 0 saturated heterocycles. The van der Waals surface area contributed by atoms with Gasteiger partial charge in [0.1, 0.15) is 0 Å². The molecule has 1 aromatic carbocycles. The van der Waals surface area contributed by atoms with Gasteiger partial charge < -0.3 is 15.5 Å². The van der Waals surface area contributed by atoms with Crippen LogP contribution in [0.2, 0.25) is 5.02 Å². The normalized spacial score (nSPS) is 10.5. The van der Waals surface area contributed by atoms with Gasteiger partial charge in [0.15, 0.2) is 5.11 Å². The zero-order valence-corrected chi connectivity index (χ0v) is 13.6. The second kappa shape index (κ2) is 7.94. The SMILES string of the molecule is CN(C)CCCNC(=S)Nc1ccc(Br)cc1Cl. The molecule has 0 unspecified atom stereocenters. The van der Waals surface area contributed by atoms with Crippen molar-refractivity contribution in [3.63, 3.8) is 0 Å². The van der Waals surface area contributed by atoms with Crippen LogP contribution in [0.3, 0.4) is 0 Å². The number of hydrogen-bond donors (Lipinski definition) is 2. The van der Waals surface area contributed by atoms with E-state index in [2.05, 4.69) is 45.6 Å². The van der Waals surface area contributed by atoms with Crippen LogP contribution in [0.25, 0.3) is 0 Å². The minimum absolute atomic E-state index is 0.595. The Balaban J connectivity index is 2.35. The lowest BCUT2D eigenvalue weighted by molar-refractivity contribution is 0.400. The van der Waals surface area contributed by atoms with Crippen LogP contribution in [-0.2, 0) is 0 Å². The molecule has 0 radical (unpaired) electrons. The van der Waals surface area contributed by atoms with Crippen molar-refractivity contribution in [3.8, 4) is 0 Å². The Morgan fingerprint density at radius 3 is 2.78 bits per heavy atom. The number of anilines is 1. The number of hydrogen-bond acceptors (Lipinski definition) is 2. The predicted molar refractivity (Wildman–Crippen MR) is 86.5 cm³/mol. The van der Waals surface area contributed by atoms with Gasteiger partial charge in [-0.1, -0.05) is 27.5 Å². The van der Waals surface area contributed by atoms with E-state index in [1.54, 1.807) is 0 Å². The number of nitrogens with one attached hydrogen (secondary N) is 2. The molecule has 0 saturated carbocycles. The number of rotatable bonds is 5. The Hall–Kier alpha value is -0.360. The van der Waals surface area contributed by atoms with Gasteiger partial charge in [0, 0.05) is 11.0 Å².